The molecule has 0 amide bonds. The summed E-state index contributed by atoms with van der Waals surface area (Å²) in [5.41, 5.74) is 0.846. The Morgan fingerprint density at radius 2 is 2.26 bits per heavy atom. The molecule has 1 fully saturated rings. The van der Waals surface area contributed by atoms with E-state index in [-0.39, 0.29) is 0 Å². The Hall–Kier alpha value is -1.95. The van der Waals surface area contributed by atoms with Crippen molar-refractivity contribution in [3.8, 4) is 11.5 Å². The maximum Gasteiger partial charge on any atom is 0.259 e. The highest BCUT2D eigenvalue weighted by Crippen LogP contribution is 2.19. The summed E-state index contributed by atoms with van der Waals surface area (Å²) in [6.45, 7) is 6.90. The van der Waals surface area contributed by atoms with E-state index >= 15 is 0 Å². The van der Waals surface area contributed by atoms with Crippen molar-refractivity contribution in [1.29, 1.82) is 0 Å². The summed E-state index contributed by atoms with van der Waals surface area (Å²) in [5, 5.41) is 7.38. The fourth-order valence-corrected chi connectivity index (χ4v) is 2.66. The van der Waals surface area contributed by atoms with Crippen LogP contribution < -0.4 is 5.32 Å². The van der Waals surface area contributed by atoms with E-state index in [0.717, 1.165) is 49.8 Å². The van der Waals surface area contributed by atoms with Crippen LogP contribution in [0.25, 0.3) is 11.5 Å². The third-order valence-electron chi connectivity index (χ3n) is 3.90. The SMILES string of the molecule is CC(C)Cc1noc(-c2ccc(NC[C@@H]3CCCOC3)nc2)n1. The number of hydrogen-bond acceptors (Lipinski definition) is 6. The second kappa shape index (κ2) is 7.55. The monoisotopic (exact) mass is 316 g/mol. The highest BCUT2D eigenvalue weighted by Gasteiger charge is 2.14. The zero-order valence-electron chi connectivity index (χ0n) is 13.8. The van der Waals surface area contributed by atoms with Gasteiger partial charge in [-0.25, -0.2) is 4.98 Å². The van der Waals surface area contributed by atoms with Crippen molar-refractivity contribution in [3.63, 3.8) is 0 Å². The highest BCUT2D eigenvalue weighted by molar-refractivity contribution is 5.54. The van der Waals surface area contributed by atoms with Crippen molar-refractivity contribution in [2.45, 2.75) is 33.1 Å². The van der Waals surface area contributed by atoms with Crippen LogP contribution in [-0.4, -0.2) is 34.9 Å². The minimum atomic E-state index is 0.508. The van der Waals surface area contributed by atoms with Crippen LogP contribution in [0.4, 0.5) is 5.82 Å². The Kier molecular flexibility index (Phi) is 5.23. The van der Waals surface area contributed by atoms with E-state index in [0.29, 0.717) is 17.7 Å². The number of anilines is 1. The van der Waals surface area contributed by atoms with Crippen LogP contribution in [-0.2, 0) is 11.2 Å². The standard InChI is InChI=1S/C17H24N4O2/c1-12(2)8-16-20-17(23-21-16)14-5-6-15(19-10-14)18-9-13-4-3-7-22-11-13/h5-6,10,12-13H,3-4,7-9,11H2,1-2H3,(H,18,19)/t13-/m0/s1. The van der Waals surface area contributed by atoms with Crippen LogP contribution in [0.2, 0.25) is 0 Å². The summed E-state index contributed by atoms with van der Waals surface area (Å²) in [7, 11) is 0. The zero-order valence-corrected chi connectivity index (χ0v) is 13.8. The molecule has 1 atom stereocenters. The van der Waals surface area contributed by atoms with Gasteiger partial charge in [0.1, 0.15) is 5.82 Å². The fourth-order valence-electron chi connectivity index (χ4n) is 2.66. The average Bonchev–Trinajstić information content (AvgIpc) is 3.02. The first-order chi connectivity index (χ1) is 11.2. The summed E-state index contributed by atoms with van der Waals surface area (Å²) < 4.78 is 10.8. The lowest BCUT2D eigenvalue weighted by Crippen LogP contribution is -2.24. The summed E-state index contributed by atoms with van der Waals surface area (Å²) in [4.78, 5) is 8.84. The molecule has 1 aliphatic rings. The molecule has 0 bridgehead atoms. The number of nitrogens with zero attached hydrogens (tertiary/aromatic N) is 3. The van der Waals surface area contributed by atoms with Gasteiger partial charge in [0.2, 0.25) is 0 Å². The van der Waals surface area contributed by atoms with Gasteiger partial charge in [-0.05, 0) is 36.8 Å². The lowest BCUT2D eigenvalue weighted by atomic mass is 10.0. The van der Waals surface area contributed by atoms with Gasteiger partial charge in [-0.1, -0.05) is 19.0 Å². The first-order valence-corrected chi connectivity index (χ1v) is 8.31. The van der Waals surface area contributed by atoms with Crippen LogP contribution in [0.15, 0.2) is 22.9 Å². The maximum atomic E-state index is 5.49. The molecule has 1 aliphatic heterocycles. The first kappa shape index (κ1) is 15.9. The Labute approximate surface area is 136 Å². The molecule has 0 aromatic carbocycles. The maximum absolute atomic E-state index is 5.49. The van der Waals surface area contributed by atoms with Crippen LogP contribution in [0, 0.1) is 11.8 Å². The topological polar surface area (TPSA) is 73.1 Å². The van der Waals surface area contributed by atoms with Crippen molar-refractivity contribution >= 4 is 5.82 Å². The van der Waals surface area contributed by atoms with Crippen molar-refractivity contribution < 1.29 is 9.26 Å². The molecule has 6 nitrogen and oxygen atoms in total. The van der Waals surface area contributed by atoms with Crippen molar-refractivity contribution in [1.82, 2.24) is 15.1 Å². The molecule has 1 N–H and O–H groups in total. The number of hydrogen-bond donors (Lipinski definition) is 1. The molecule has 2 aromatic rings. The number of aromatic nitrogens is 3. The Morgan fingerprint density at radius 1 is 1.35 bits per heavy atom. The smallest absolute Gasteiger partial charge is 0.259 e. The minimum absolute atomic E-state index is 0.508. The number of rotatable bonds is 6. The van der Waals surface area contributed by atoms with E-state index in [1.165, 1.54) is 6.42 Å². The molecule has 2 aromatic heterocycles. The van der Waals surface area contributed by atoms with E-state index in [9.17, 15) is 0 Å². The van der Waals surface area contributed by atoms with Gasteiger partial charge in [0.25, 0.3) is 5.89 Å². The van der Waals surface area contributed by atoms with Crippen molar-refractivity contribution in [3.05, 3.63) is 24.2 Å². The molecule has 0 saturated carbocycles. The molecule has 3 rings (SSSR count). The second-order valence-corrected chi connectivity index (χ2v) is 6.51. The highest BCUT2D eigenvalue weighted by atomic mass is 16.5. The molecule has 124 valence electrons. The molecular formula is C17H24N4O2. The number of pyridine rings is 1. The van der Waals surface area contributed by atoms with Crippen molar-refractivity contribution in [2.75, 3.05) is 25.1 Å². The van der Waals surface area contributed by atoms with E-state index < -0.39 is 0 Å². The van der Waals surface area contributed by atoms with Gasteiger partial charge < -0.3 is 14.6 Å². The first-order valence-electron chi connectivity index (χ1n) is 8.31. The second-order valence-electron chi connectivity index (χ2n) is 6.51. The fraction of sp³-hybridized carbons (Fsp3) is 0.588. The van der Waals surface area contributed by atoms with E-state index in [4.69, 9.17) is 9.26 Å². The molecule has 0 spiro atoms. The predicted octanol–water partition coefficient (Wildman–Crippen LogP) is 3.17. The van der Waals surface area contributed by atoms with Crippen LogP contribution in [0.3, 0.4) is 0 Å². The Morgan fingerprint density at radius 3 is 2.96 bits per heavy atom. The van der Waals surface area contributed by atoms with Crippen LogP contribution >= 0.6 is 0 Å². The van der Waals surface area contributed by atoms with E-state index in [1.807, 2.05) is 12.1 Å². The molecule has 1 saturated heterocycles. The third kappa shape index (κ3) is 4.51. The minimum Gasteiger partial charge on any atom is -0.381 e. The summed E-state index contributed by atoms with van der Waals surface area (Å²) in [6.07, 6.45) is 4.95. The van der Waals surface area contributed by atoms with Gasteiger partial charge >= 0.3 is 0 Å². The quantitative estimate of drug-likeness (QED) is 0.882. The normalized spacial score (nSPS) is 18.3. The molecule has 0 radical (unpaired) electrons. The van der Waals surface area contributed by atoms with Crippen LogP contribution in [0.5, 0.6) is 0 Å². The molecule has 0 aliphatic carbocycles. The molecule has 23 heavy (non-hydrogen) atoms. The largest absolute Gasteiger partial charge is 0.381 e. The number of ether oxygens (including phenoxy) is 1. The lowest BCUT2D eigenvalue weighted by Gasteiger charge is -2.22. The van der Waals surface area contributed by atoms with Crippen LogP contribution in [0.1, 0.15) is 32.5 Å². The average molecular weight is 316 g/mol. The van der Waals surface area contributed by atoms with Crippen molar-refractivity contribution in [2.24, 2.45) is 11.8 Å². The summed E-state index contributed by atoms with van der Waals surface area (Å²) >= 11 is 0. The molecule has 0 unspecified atom stereocenters. The Bertz CT molecular complexity index is 603. The molecule has 3 heterocycles. The van der Waals surface area contributed by atoms with Gasteiger partial charge in [0.15, 0.2) is 5.82 Å². The Balaban J connectivity index is 1.57. The van der Waals surface area contributed by atoms with Gasteiger partial charge in [-0.3, -0.25) is 0 Å². The zero-order chi connectivity index (χ0) is 16.1. The van der Waals surface area contributed by atoms with Gasteiger partial charge in [-0.15, -0.1) is 0 Å². The van der Waals surface area contributed by atoms with Gasteiger partial charge in [0, 0.05) is 25.8 Å². The molecular weight excluding hydrogens is 292 g/mol. The summed E-state index contributed by atoms with van der Waals surface area (Å²) in [6, 6.07) is 3.91. The van der Waals surface area contributed by atoms with E-state index in [1.54, 1.807) is 6.20 Å². The third-order valence-corrected chi connectivity index (χ3v) is 3.90. The van der Waals surface area contributed by atoms with E-state index in [2.05, 4.69) is 34.3 Å². The number of nitrogens with one attached hydrogen (secondary N) is 1. The summed E-state index contributed by atoms with van der Waals surface area (Å²) in [5.74, 6) is 3.21. The van der Waals surface area contributed by atoms with Gasteiger partial charge in [0.05, 0.1) is 12.2 Å². The van der Waals surface area contributed by atoms with Gasteiger partial charge in [-0.2, -0.15) is 4.98 Å². The molecule has 6 heteroatoms. The lowest BCUT2D eigenvalue weighted by molar-refractivity contribution is 0.0595. The predicted molar refractivity (Wildman–Crippen MR) is 88.1 cm³/mol.